The van der Waals surface area contributed by atoms with E-state index in [9.17, 15) is 18.0 Å². The molecule has 0 aliphatic rings. The molecule has 7 heteroatoms. The van der Waals surface area contributed by atoms with Gasteiger partial charge in [0.15, 0.2) is 9.84 Å². The molecule has 0 bridgehead atoms. The topological polar surface area (TPSA) is 91.8 Å². The summed E-state index contributed by atoms with van der Waals surface area (Å²) in [4.78, 5) is 23.6. The number of aryl methyl sites for hydroxylation is 1. The maximum absolute atomic E-state index is 12.0. The fraction of sp³-hybridized carbons (Fsp3) is 0.500. The average Bonchev–Trinajstić information content (AvgIpc) is 2.47. The molecule has 1 N–H and O–H groups in total. The van der Waals surface area contributed by atoms with E-state index >= 15 is 0 Å². The lowest BCUT2D eigenvalue weighted by Crippen LogP contribution is -2.34. The molecule has 0 saturated carbocycles. The predicted octanol–water partition coefficient (Wildman–Crippen LogP) is 1.36. The highest BCUT2D eigenvalue weighted by atomic mass is 32.2. The molecular weight excluding hydrogens is 318 g/mol. The van der Waals surface area contributed by atoms with Gasteiger partial charge in [0.05, 0.1) is 5.75 Å². The van der Waals surface area contributed by atoms with Crippen molar-refractivity contribution in [3.63, 3.8) is 0 Å². The Morgan fingerprint density at radius 2 is 1.78 bits per heavy atom. The molecule has 0 saturated heterocycles. The lowest BCUT2D eigenvalue weighted by atomic mass is 10.1. The van der Waals surface area contributed by atoms with E-state index in [1.54, 1.807) is 0 Å². The molecule has 0 unspecified atom stereocenters. The molecule has 6 nitrogen and oxygen atoms in total. The van der Waals surface area contributed by atoms with Crippen LogP contribution in [0.3, 0.4) is 0 Å². The van der Waals surface area contributed by atoms with E-state index in [4.69, 9.17) is 5.11 Å². The summed E-state index contributed by atoms with van der Waals surface area (Å²) in [5.41, 5.74) is 1.07. The molecule has 0 radical (unpaired) electrons. The van der Waals surface area contributed by atoms with Crippen LogP contribution in [0.15, 0.2) is 30.3 Å². The van der Waals surface area contributed by atoms with Gasteiger partial charge < -0.3 is 10.0 Å². The zero-order valence-corrected chi connectivity index (χ0v) is 14.1. The second-order valence-electron chi connectivity index (χ2n) is 5.49. The van der Waals surface area contributed by atoms with Crippen molar-refractivity contribution in [1.29, 1.82) is 0 Å². The predicted molar refractivity (Wildman–Crippen MR) is 87.9 cm³/mol. The molecule has 0 aliphatic carbocycles. The average molecular weight is 341 g/mol. The summed E-state index contributed by atoms with van der Waals surface area (Å²) < 4.78 is 24.0. The Bertz CT molecular complexity index is 613. The number of carboxylic acids is 1. The van der Waals surface area contributed by atoms with E-state index < -0.39 is 27.5 Å². The van der Waals surface area contributed by atoms with Crippen LogP contribution in [-0.4, -0.2) is 55.4 Å². The molecule has 0 heterocycles. The fourth-order valence-electron chi connectivity index (χ4n) is 2.10. The minimum absolute atomic E-state index is 0.0312. The van der Waals surface area contributed by atoms with Gasteiger partial charge in [-0.2, -0.15) is 0 Å². The Kier molecular flexibility index (Phi) is 7.74. The normalized spacial score (nSPS) is 11.2. The fourth-order valence-corrected chi connectivity index (χ4v) is 3.43. The molecule has 0 spiro atoms. The van der Waals surface area contributed by atoms with Crippen LogP contribution in [0, 0.1) is 0 Å². The number of carboxylic acid groups (broad SMARTS) is 1. The van der Waals surface area contributed by atoms with E-state index in [2.05, 4.69) is 0 Å². The lowest BCUT2D eigenvalue weighted by Gasteiger charge is -2.16. The van der Waals surface area contributed by atoms with Gasteiger partial charge in [0.25, 0.3) is 0 Å². The molecule has 1 aromatic rings. The standard InChI is InChI=1S/C16H23NO5S/c1-17(11-5-10-16(19)20)15(18)13-23(21,22)12-6-9-14-7-3-2-4-8-14/h2-4,7-8H,5-6,9-13H2,1H3,(H,19,20). The van der Waals surface area contributed by atoms with E-state index in [1.807, 2.05) is 30.3 Å². The Balaban J connectivity index is 2.35. The van der Waals surface area contributed by atoms with E-state index in [-0.39, 0.29) is 18.7 Å². The largest absolute Gasteiger partial charge is 0.481 e. The van der Waals surface area contributed by atoms with Crippen LogP contribution in [-0.2, 0) is 25.8 Å². The third-order valence-corrected chi connectivity index (χ3v) is 5.01. The highest BCUT2D eigenvalue weighted by Crippen LogP contribution is 2.05. The zero-order chi connectivity index (χ0) is 17.3. The summed E-state index contributed by atoms with van der Waals surface area (Å²) in [7, 11) is -1.96. The maximum Gasteiger partial charge on any atom is 0.303 e. The van der Waals surface area contributed by atoms with Crippen LogP contribution >= 0.6 is 0 Å². The van der Waals surface area contributed by atoms with Crippen LogP contribution in [0.2, 0.25) is 0 Å². The molecule has 128 valence electrons. The van der Waals surface area contributed by atoms with Crippen molar-refractivity contribution in [1.82, 2.24) is 4.90 Å². The summed E-state index contributed by atoms with van der Waals surface area (Å²) in [5, 5.41) is 8.54. The van der Waals surface area contributed by atoms with Gasteiger partial charge in [-0.15, -0.1) is 0 Å². The number of aliphatic carboxylic acids is 1. The van der Waals surface area contributed by atoms with Crippen molar-refractivity contribution < 1.29 is 23.1 Å². The lowest BCUT2D eigenvalue weighted by molar-refractivity contribution is -0.137. The van der Waals surface area contributed by atoms with Gasteiger partial charge in [-0.3, -0.25) is 9.59 Å². The molecule has 0 atom stereocenters. The van der Waals surface area contributed by atoms with Gasteiger partial charge >= 0.3 is 5.97 Å². The molecule has 1 amide bonds. The first-order valence-electron chi connectivity index (χ1n) is 7.50. The first-order valence-corrected chi connectivity index (χ1v) is 9.32. The molecule has 0 aliphatic heterocycles. The highest BCUT2D eigenvalue weighted by molar-refractivity contribution is 7.92. The second kappa shape index (κ2) is 9.29. The van der Waals surface area contributed by atoms with Crippen molar-refractivity contribution in [2.45, 2.75) is 25.7 Å². The molecule has 0 aromatic heterocycles. The minimum Gasteiger partial charge on any atom is -0.481 e. The molecule has 1 aromatic carbocycles. The van der Waals surface area contributed by atoms with Crippen molar-refractivity contribution in [2.75, 3.05) is 25.1 Å². The van der Waals surface area contributed by atoms with Gasteiger partial charge in [0.1, 0.15) is 5.75 Å². The van der Waals surface area contributed by atoms with Crippen LogP contribution in [0.4, 0.5) is 0 Å². The van der Waals surface area contributed by atoms with Crippen LogP contribution in [0.1, 0.15) is 24.8 Å². The van der Waals surface area contributed by atoms with Gasteiger partial charge in [0, 0.05) is 20.0 Å². The summed E-state index contributed by atoms with van der Waals surface area (Å²) in [6.07, 6.45) is 1.40. The number of carbonyl (C=O) groups excluding carboxylic acids is 1. The summed E-state index contributed by atoms with van der Waals surface area (Å²) >= 11 is 0. The summed E-state index contributed by atoms with van der Waals surface area (Å²) in [6, 6.07) is 9.58. The minimum atomic E-state index is -3.44. The number of nitrogens with zero attached hydrogens (tertiary/aromatic N) is 1. The Morgan fingerprint density at radius 1 is 1.13 bits per heavy atom. The second-order valence-corrected chi connectivity index (χ2v) is 7.68. The monoisotopic (exact) mass is 341 g/mol. The number of benzene rings is 1. The maximum atomic E-state index is 12.0. The summed E-state index contributed by atoms with van der Waals surface area (Å²) in [6.45, 7) is 0.241. The van der Waals surface area contributed by atoms with Crippen molar-refractivity contribution >= 4 is 21.7 Å². The molecule has 1 rings (SSSR count). The molecular formula is C16H23NO5S. The quantitative estimate of drug-likeness (QED) is 0.694. The van der Waals surface area contributed by atoms with Crippen LogP contribution in [0.25, 0.3) is 0 Å². The van der Waals surface area contributed by atoms with Gasteiger partial charge in [0.2, 0.25) is 5.91 Å². The zero-order valence-electron chi connectivity index (χ0n) is 13.3. The van der Waals surface area contributed by atoms with Gasteiger partial charge in [-0.05, 0) is 24.8 Å². The number of hydrogen-bond donors (Lipinski definition) is 1. The Hall–Kier alpha value is -1.89. The van der Waals surface area contributed by atoms with E-state index in [1.165, 1.54) is 11.9 Å². The molecule has 0 fully saturated rings. The highest BCUT2D eigenvalue weighted by Gasteiger charge is 2.19. The first kappa shape index (κ1) is 19.2. The van der Waals surface area contributed by atoms with Gasteiger partial charge in [-0.1, -0.05) is 30.3 Å². The van der Waals surface area contributed by atoms with E-state index in [0.29, 0.717) is 19.3 Å². The number of rotatable bonds is 10. The Morgan fingerprint density at radius 3 is 2.39 bits per heavy atom. The van der Waals surface area contributed by atoms with Crippen molar-refractivity contribution in [3.8, 4) is 0 Å². The molecule has 23 heavy (non-hydrogen) atoms. The number of amides is 1. The third-order valence-electron chi connectivity index (χ3n) is 3.42. The SMILES string of the molecule is CN(CCCC(=O)O)C(=O)CS(=O)(=O)CCCc1ccccc1. The smallest absolute Gasteiger partial charge is 0.303 e. The number of hydrogen-bond acceptors (Lipinski definition) is 4. The number of sulfone groups is 1. The van der Waals surface area contributed by atoms with Crippen molar-refractivity contribution in [3.05, 3.63) is 35.9 Å². The Labute approximate surface area is 137 Å². The summed E-state index contributed by atoms with van der Waals surface area (Å²) in [5.74, 6) is -1.98. The van der Waals surface area contributed by atoms with E-state index in [0.717, 1.165) is 5.56 Å². The first-order chi connectivity index (χ1) is 10.8. The van der Waals surface area contributed by atoms with Gasteiger partial charge in [-0.25, -0.2) is 8.42 Å². The van der Waals surface area contributed by atoms with Crippen molar-refractivity contribution in [2.24, 2.45) is 0 Å². The number of carbonyl (C=O) groups is 2. The third kappa shape index (κ3) is 8.35. The van der Waals surface area contributed by atoms with Crippen LogP contribution in [0.5, 0.6) is 0 Å². The van der Waals surface area contributed by atoms with Crippen LogP contribution < -0.4 is 0 Å².